The molecule has 0 fully saturated rings. The topological polar surface area (TPSA) is 439 Å². The van der Waals surface area contributed by atoms with Gasteiger partial charge in [-0.05, 0) is 238 Å². The highest BCUT2D eigenvalue weighted by molar-refractivity contribution is 14.0. The third-order valence-corrected chi connectivity index (χ3v) is 21.9. The highest BCUT2D eigenvalue weighted by Crippen LogP contribution is 2.39. The van der Waals surface area contributed by atoms with E-state index in [1.54, 1.807) is 49.4 Å². The molecule has 8 aromatic carbocycles. The molecule has 2 aromatic heterocycles. The second kappa shape index (κ2) is 38.4. The molecule has 0 saturated carbocycles. The Balaban J connectivity index is 0.000000154. The van der Waals surface area contributed by atoms with E-state index in [-0.39, 0.29) is 112 Å². The van der Waals surface area contributed by atoms with Gasteiger partial charge in [-0.1, -0.05) is 111 Å². The Morgan fingerprint density at radius 1 is 0.424 bits per heavy atom. The van der Waals surface area contributed by atoms with E-state index in [4.69, 9.17) is 23.1 Å². The Kier molecular flexibility index (Phi) is 29.3. The lowest BCUT2D eigenvalue weighted by atomic mass is 10.1. The number of benzene rings is 8. The number of halogens is 2. The summed E-state index contributed by atoms with van der Waals surface area (Å²) < 4.78 is 0. The molecule has 6 N–H and O–H groups in total. The minimum atomic E-state index is -0.476. The van der Waals surface area contributed by atoms with E-state index in [2.05, 4.69) is 77.6 Å². The Morgan fingerprint density at radius 3 is 1.36 bits per heavy atom. The molecule has 18 rings (SSSR count). The smallest absolute Gasteiger partial charge is 0.293 e. The molecule has 31 heteroatoms. The Morgan fingerprint density at radius 2 is 0.839 bits per heavy atom. The van der Waals surface area contributed by atoms with Crippen LogP contribution in [0.4, 0.5) is 45.8 Å². The van der Waals surface area contributed by atoms with E-state index in [9.17, 15) is 74.8 Å². The van der Waals surface area contributed by atoms with Gasteiger partial charge in [0.25, 0.3) is 45.0 Å². The largest absolute Gasteiger partial charge is 0.594 e. The number of fused-ring (bicyclic) bond motifs is 10. The summed E-state index contributed by atoms with van der Waals surface area (Å²) in [5.74, 6) is 3.22. The molecule has 8 aliphatic carbocycles. The number of aromatic nitrogens is 6. The van der Waals surface area contributed by atoms with Crippen LogP contribution in [-0.2, 0) is 93.1 Å². The molecule has 618 valence electrons. The maximum Gasteiger partial charge on any atom is 0.293 e. The fraction of sp³-hybridized carbons (Fsp3) is 0.368. The summed E-state index contributed by atoms with van der Waals surface area (Å²) in [5.41, 5.74) is 31.8. The molecular weight excluding hydrogens is 1640 g/mol. The average molecular weight is 1740 g/mol. The van der Waals surface area contributed by atoms with Crippen LogP contribution in [0.1, 0.15) is 180 Å². The molecule has 0 aliphatic heterocycles. The molecular formula is C87H96ClIN14O15. The first-order chi connectivity index (χ1) is 54.9. The Labute approximate surface area is 704 Å². The summed E-state index contributed by atoms with van der Waals surface area (Å²) in [6, 6.07) is 37.6. The van der Waals surface area contributed by atoms with E-state index in [0.717, 1.165) is 104 Å². The molecule has 0 spiro atoms. The summed E-state index contributed by atoms with van der Waals surface area (Å²) in [4.78, 5) is 107. The first kappa shape index (κ1) is 90.0. The van der Waals surface area contributed by atoms with Gasteiger partial charge in [-0.2, -0.15) is 0 Å². The number of non-ortho nitro benzene ring substituents is 1. The molecule has 8 aliphatic rings. The molecule has 0 saturated heterocycles. The first-order valence-corrected chi connectivity index (χ1v) is 38.9. The van der Waals surface area contributed by atoms with Crippen molar-refractivity contribution in [2.45, 2.75) is 160 Å². The van der Waals surface area contributed by atoms with Crippen molar-refractivity contribution in [3.05, 3.63) is 273 Å². The van der Waals surface area contributed by atoms with Crippen LogP contribution in [0.25, 0.3) is 22.1 Å². The number of nitrogens with two attached hydrogens (primary N) is 2. The predicted molar refractivity (Wildman–Crippen MR) is 461 cm³/mol. The van der Waals surface area contributed by atoms with Gasteiger partial charge in [0, 0.05) is 107 Å². The van der Waals surface area contributed by atoms with Crippen molar-refractivity contribution in [3.63, 3.8) is 0 Å². The SMILES string of the molecule is C.CC(=O)Nc1cc2c(cc1[N+](=O)[O-])CC(C)C2.CC(=O)Nc1ccc2c(c1)CC(C)C2.CC1Cc2c(cccc2[N+](=O)[O-])C1=O.CC1Cc2cc(N)c([N+](=O)[O-])cc2C1.CC1Cc2cc3nc(Cl)n[n+]([O-])c3cc2C1.CC1Cc2cc3nc(N)n[n+]([O-])c3cc2C1.CC1Cc2ccc([N+](=O)[O-])cc2C1=O.CC1Cc2ccccc2C1=O.I. The van der Waals surface area contributed by atoms with Crippen LogP contribution in [0.15, 0.2) is 127 Å². The number of carbonyl (C=O) groups is 5. The van der Waals surface area contributed by atoms with Gasteiger partial charge in [-0.25, -0.2) is 9.97 Å². The molecule has 2 amide bonds. The maximum absolute atomic E-state index is 11.6. The second-order valence-corrected chi connectivity index (χ2v) is 32.1. The summed E-state index contributed by atoms with van der Waals surface area (Å²) in [5, 5.41) is 78.3. The van der Waals surface area contributed by atoms with Gasteiger partial charge >= 0.3 is 0 Å². The van der Waals surface area contributed by atoms with Crippen LogP contribution in [0, 0.1) is 98.2 Å². The molecule has 8 unspecified atom stereocenters. The number of ketones is 3. The van der Waals surface area contributed by atoms with Crippen molar-refractivity contribution >= 4 is 133 Å². The van der Waals surface area contributed by atoms with E-state index >= 15 is 0 Å². The number of amides is 2. The van der Waals surface area contributed by atoms with E-state index in [0.29, 0.717) is 96.4 Å². The van der Waals surface area contributed by atoms with E-state index in [1.807, 2.05) is 68.4 Å². The molecule has 10 aromatic rings. The molecule has 2 heterocycles. The van der Waals surface area contributed by atoms with Crippen LogP contribution in [0.3, 0.4) is 0 Å². The van der Waals surface area contributed by atoms with Crippen molar-refractivity contribution in [3.8, 4) is 0 Å². The lowest BCUT2D eigenvalue weighted by molar-refractivity contribution is -0.643. The van der Waals surface area contributed by atoms with Gasteiger partial charge in [0.2, 0.25) is 11.8 Å². The Hall–Kier alpha value is -11.9. The van der Waals surface area contributed by atoms with Crippen LogP contribution >= 0.6 is 35.6 Å². The number of hydrogen-bond acceptors (Lipinski definition) is 21. The van der Waals surface area contributed by atoms with Crippen molar-refractivity contribution in [2.75, 3.05) is 22.1 Å². The minimum absolute atomic E-state index is 0. The zero-order valence-corrected chi connectivity index (χ0v) is 69.6. The van der Waals surface area contributed by atoms with Crippen LogP contribution in [-0.4, -0.2) is 69.0 Å². The second-order valence-electron chi connectivity index (χ2n) is 31.8. The highest BCUT2D eigenvalue weighted by Gasteiger charge is 2.34. The molecule has 8 atom stereocenters. The third-order valence-electron chi connectivity index (χ3n) is 21.8. The number of Topliss-reactive ketones (excluding diaryl/α,β-unsaturated/α-hetero) is 3. The number of rotatable bonds is 6. The van der Waals surface area contributed by atoms with Crippen molar-refractivity contribution in [1.29, 1.82) is 0 Å². The number of nitrogens with one attached hydrogen (secondary N) is 2. The lowest BCUT2D eigenvalue weighted by Crippen LogP contribution is -2.33. The van der Waals surface area contributed by atoms with Crippen molar-refractivity contribution in [1.82, 2.24) is 20.2 Å². The van der Waals surface area contributed by atoms with Crippen molar-refractivity contribution < 1.29 is 53.4 Å². The van der Waals surface area contributed by atoms with E-state index < -0.39 is 19.7 Å². The van der Waals surface area contributed by atoms with Gasteiger partial charge in [-0.3, -0.25) is 64.4 Å². The monoisotopic (exact) mass is 1740 g/mol. The minimum Gasteiger partial charge on any atom is -0.594 e. The number of nitrogen functional groups attached to an aromatic ring is 2. The van der Waals surface area contributed by atoms with Gasteiger partial charge < -0.3 is 32.5 Å². The summed E-state index contributed by atoms with van der Waals surface area (Å²) in [6.07, 6.45) is 12.3. The van der Waals surface area contributed by atoms with Gasteiger partial charge in [-0.15, -0.1) is 24.0 Å². The number of nitrogens with zero attached hydrogens (tertiary/aromatic N) is 10. The lowest BCUT2D eigenvalue weighted by Gasteiger charge is -2.06. The zero-order valence-electron chi connectivity index (χ0n) is 66.5. The first-order valence-electron chi connectivity index (χ1n) is 38.5. The van der Waals surface area contributed by atoms with Crippen LogP contribution in [0.5, 0.6) is 0 Å². The quantitative estimate of drug-likeness (QED) is 0.0300. The number of carbonyl (C=O) groups excluding carboxylic acids is 5. The molecule has 0 bridgehead atoms. The maximum atomic E-state index is 11.6. The van der Waals surface area contributed by atoms with Gasteiger partial charge in [0.1, 0.15) is 22.4 Å². The standard InChI is InChI=1S/C12H14N2O3.C12H15NO.C11H10ClN3O.C11H12N4O.C10H12N2O2.2C10H9NO3.C10H10O.CH4.HI/c1-7-3-9-5-11(13-8(2)15)12(14(16)17)6-10(9)4-7;1-8-5-10-3-4-12(13-9(2)14)7-11(10)6-8;2*1-6-2-7-4-9-10(5-8(7)3-6)15(16)14-11(12)13-9;1-6-2-7-4-9(11)10(12(13)14)5-8(7)3-6;1-6-4-7-2-3-8(11(13)14)5-9(7)10(6)12;1-6-5-8-7(10(6)12)3-2-4-9(8)11(13)14;1-7-6-8-4-2-3-5-9(8)10(7)11;;/h5-7H,3-4H2,1-2H3,(H,13,15);3-4,7-8H,5-6H2,1-2H3,(H,13,14);4-6H,2-3H2,1H3;4-6H,2-3H2,1H3,(H2,12,13,14);4-6H,2-3,11H2,1H3;2-3,5-6H,4H2,1H3;2-4,6H,5H2,1H3;2-5,7H,6H2,1H3;1H4;1H. The average Bonchev–Trinajstić information content (AvgIpc) is 1.49. The summed E-state index contributed by atoms with van der Waals surface area (Å²) in [6.45, 7) is 19.4. The molecule has 29 nitrogen and oxygen atoms in total. The predicted octanol–water partition coefficient (Wildman–Crippen LogP) is 16.1. The van der Waals surface area contributed by atoms with E-state index in [1.165, 1.54) is 83.0 Å². The highest BCUT2D eigenvalue weighted by atomic mass is 127. The zero-order chi connectivity index (χ0) is 84.0. The van der Waals surface area contributed by atoms with Gasteiger partial charge in [0.15, 0.2) is 17.3 Å². The summed E-state index contributed by atoms with van der Waals surface area (Å²) >= 11 is 5.66. The third kappa shape index (κ3) is 21.4. The molecule has 0 radical (unpaired) electrons. The van der Waals surface area contributed by atoms with Crippen LogP contribution < -0.4 is 31.8 Å². The number of nitro benzene ring substituents is 4. The number of nitro groups is 4. The summed E-state index contributed by atoms with van der Waals surface area (Å²) in [7, 11) is 0. The van der Waals surface area contributed by atoms with Crippen LogP contribution in [0.2, 0.25) is 5.28 Å². The Bertz CT molecular complexity index is 5520. The normalized spacial score (nSPS) is 18.9. The number of anilines is 4. The number of hydrogen-bond donors (Lipinski definition) is 4. The fourth-order valence-electron chi connectivity index (χ4n) is 16.5. The molecule has 118 heavy (non-hydrogen) atoms. The fourth-order valence-corrected chi connectivity index (χ4v) is 16.7. The van der Waals surface area contributed by atoms with Gasteiger partial charge in [0.05, 0.1) is 24.8 Å². The van der Waals surface area contributed by atoms with Crippen molar-refractivity contribution in [2.24, 2.45) is 47.3 Å².